The van der Waals surface area contributed by atoms with Crippen LogP contribution in [0.1, 0.15) is 18.4 Å². The molecule has 8 heteroatoms. The monoisotopic (exact) mass is 392 g/mol. The first-order valence-corrected chi connectivity index (χ1v) is 8.73. The highest BCUT2D eigenvalue weighted by Gasteiger charge is 2.56. The number of nitrogens with zero attached hydrogens (tertiary/aromatic N) is 1. The van der Waals surface area contributed by atoms with Gasteiger partial charge < -0.3 is 15.3 Å². The van der Waals surface area contributed by atoms with Crippen molar-refractivity contribution in [2.75, 3.05) is 11.4 Å². The number of halogens is 3. The molecule has 0 saturated carbocycles. The number of nitrogens with one attached hydrogen (secondary N) is 1. The predicted octanol–water partition coefficient (Wildman–Crippen LogP) is 2.75. The maximum atomic E-state index is 13.5. The Morgan fingerprint density at radius 2 is 1.64 bits per heavy atom. The van der Waals surface area contributed by atoms with Crippen LogP contribution < -0.4 is 10.2 Å². The van der Waals surface area contributed by atoms with E-state index in [2.05, 4.69) is 5.32 Å². The Balaban J connectivity index is 1.71. The van der Waals surface area contributed by atoms with Gasteiger partial charge in [-0.1, -0.05) is 48.5 Å². The van der Waals surface area contributed by atoms with Gasteiger partial charge in [0.25, 0.3) is 0 Å². The summed E-state index contributed by atoms with van der Waals surface area (Å²) >= 11 is 0. The molecule has 1 aliphatic rings. The first-order chi connectivity index (χ1) is 13.2. The summed E-state index contributed by atoms with van der Waals surface area (Å²) in [6, 6.07) is 14.3. The Labute approximate surface area is 159 Å². The van der Waals surface area contributed by atoms with Gasteiger partial charge in [-0.05, 0) is 24.1 Å². The lowest BCUT2D eigenvalue weighted by atomic mass is 9.89. The van der Waals surface area contributed by atoms with E-state index in [1.807, 2.05) is 0 Å². The Morgan fingerprint density at radius 3 is 2.21 bits per heavy atom. The van der Waals surface area contributed by atoms with E-state index in [9.17, 15) is 27.9 Å². The van der Waals surface area contributed by atoms with Gasteiger partial charge >= 0.3 is 6.18 Å². The molecule has 0 spiro atoms. The number of rotatable bonds is 5. The lowest BCUT2D eigenvalue weighted by Crippen LogP contribution is -2.49. The molecule has 2 amide bonds. The molecule has 0 aromatic heterocycles. The number of amides is 2. The van der Waals surface area contributed by atoms with E-state index in [0.29, 0.717) is 12.2 Å². The van der Waals surface area contributed by atoms with Gasteiger partial charge in [0.15, 0.2) is 5.60 Å². The first kappa shape index (κ1) is 19.9. The molecule has 2 aromatic rings. The molecular weight excluding hydrogens is 373 g/mol. The SMILES string of the molecule is O=C(C[C@@](O)(c1ccccc1)C(F)(F)F)N[C@H]1CCN(c2ccccc2)C1=O. The molecule has 1 heterocycles. The molecule has 0 aliphatic carbocycles. The van der Waals surface area contributed by atoms with Crippen LogP contribution in [0.5, 0.6) is 0 Å². The molecule has 1 fully saturated rings. The highest BCUT2D eigenvalue weighted by molar-refractivity contribution is 6.01. The topological polar surface area (TPSA) is 69.6 Å². The fourth-order valence-electron chi connectivity index (χ4n) is 3.24. The van der Waals surface area contributed by atoms with E-state index in [0.717, 1.165) is 12.1 Å². The second-order valence-electron chi connectivity index (χ2n) is 6.64. The minimum Gasteiger partial charge on any atom is -0.376 e. The Kier molecular flexibility index (Phi) is 5.42. The van der Waals surface area contributed by atoms with E-state index in [4.69, 9.17) is 0 Å². The molecule has 1 saturated heterocycles. The molecular formula is C20H19F3N2O3. The number of carbonyl (C=O) groups excluding carboxylic acids is 2. The van der Waals surface area contributed by atoms with Crippen LogP contribution in [0.15, 0.2) is 60.7 Å². The highest BCUT2D eigenvalue weighted by Crippen LogP contribution is 2.41. The van der Waals surface area contributed by atoms with Gasteiger partial charge in [0.1, 0.15) is 6.04 Å². The molecule has 5 nitrogen and oxygen atoms in total. The largest absolute Gasteiger partial charge is 0.421 e. The number of alkyl halides is 3. The number of aliphatic hydroxyl groups is 1. The number of anilines is 1. The van der Waals surface area contributed by atoms with E-state index in [1.54, 1.807) is 30.3 Å². The van der Waals surface area contributed by atoms with Gasteiger partial charge in [0.2, 0.25) is 11.8 Å². The normalized spacial score (nSPS) is 19.4. The van der Waals surface area contributed by atoms with Crippen LogP contribution in [0.2, 0.25) is 0 Å². The van der Waals surface area contributed by atoms with Crippen LogP contribution >= 0.6 is 0 Å². The molecule has 2 aromatic carbocycles. The smallest absolute Gasteiger partial charge is 0.376 e. The van der Waals surface area contributed by atoms with Gasteiger partial charge in [-0.3, -0.25) is 9.59 Å². The van der Waals surface area contributed by atoms with Gasteiger partial charge in [0, 0.05) is 12.2 Å². The third-order valence-corrected chi connectivity index (χ3v) is 4.75. The summed E-state index contributed by atoms with van der Waals surface area (Å²) in [6.07, 6.45) is -6.01. The number of hydrogen-bond donors (Lipinski definition) is 2. The van der Waals surface area contributed by atoms with Crippen LogP contribution in [0.25, 0.3) is 0 Å². The zero-order chi connectivity index (χ0) is 20.4. The third kappa shape index (κ3) is 3.87. The fourth-order valence-corrected chi connectivity index (χ4v) is 3.24. The van der Waals surface area contributed by atoms with Crippen molar-refractivity contribution in [2.24, 2.45) is 0 Å². The quantitative estimate of drug-likeness (QED) is 0.822. The second kappa shape index (κ2) is 7.63. The summed E-state index contributed by atoms with van der Waals surface area (Å²) in [6.45, 7) is 0.343. The molecule has 2 N–H and O–H groups in total. The number of benzene rings is 2. The van der Waals surface area contributed by atoms with E-state index < -0.39 is 41.6 Å². The van der Waals surface area contributed by atoms with Crippen molar-refractivity contribution in [1.29, 1.82) is 0 Å². The van der Waals surface area contributed by atoms with E-state index >= 15 is 0 Å². The van der Waals surface area contributed by atoms with Crippen LogP contribution in [0, 0.1) is 0 Å². The molecule has 3 rings (SSSR count). The maximum absolute atomic E-state index is 13.5. The van der Waals surface area contributed by atoms with Crippen LogP contribution in [-0.2, 0) is 15.2 Å². The van der Waals surface area contributed by atoms with Crippen molar-refractivity contribution in [3.63, 3.8) is 0 Å². The van der Waals surface area contributed by atoms with E-state index in [-0.39, 0.29) is 6.42 Å². The molecule has 0 unspecified atom stereocenters. The predicted molar refractivity (Wildman–Crippen MR) is 96.4 cm³/mol. The number of para-hydroxylation sites is 1. The van der Waals surface area contributed by atoms with Crippen LogP contribution in [-0.4, -0.2) is 35.7 Å². The molecule has 0 radical (unpaired) electrons. The lowest BCUT2D eigenvalue weighted by Gasteiger charge is -2.30. The Morgan fingerprint density at radius 1 is 1.07 bits per heavy atom. The van der Waals surface area contributed by atoms with Crippen molar-refractivity contribution in [3.05, 3.63) is 66.2 Å². The fraction of sp³-hybridized carbons (Fsp3) is 0.300. The number of carbonyl (C=O) groups is 2. The molecule has 0 bridgehead atoms. The summed E-state index contributed by atoms with van der Waals surface area (Å²) in [4.78, 5) is 26.3. The molecule has 1 aliphatic heterocycles. The highest BCUT2D eigenvalue weighted by atomic mass is 19.4. The lowest BCUT2D eigenvalue weighted by molar-refractivity contribution is -0.267. The maximum Gasteiger partial charge on any atom is 0.421 e. The minimum absolute atomic E-state index is 0.273. The van der Waals surface area contributed by atoms with Gasteiger partial charge in [-0.25, -0.2) is 0 Å². The van der Waals surface area contributed by atoms with Crippen LogP contribution in [0.3, 0.4) is 0 Å². The Hall–Kier alpha value is -2.87. The standard InChI is InChI=1S/C20H19F3N2O3/c21-20(22,23)19(28,14-7-3-1-4-8-14)13-17(26)24-16-11-12-25(18(16)27)15-9-5-2-6-10-15/h1-10,16,28H,11-13H2,(H,24,26)/t16-,19+/m0/s1. The zero-order valence-electron chi connectivity index (χ0n) is 14.8. The average molecular weight is 392 g/mol. The van der Waals surface area contributed by atoms with Gasteiger partial charge in [-0.15, -0.1) is 0 Å². The van der Waals surface area contributed by atoms with Gasteiger partial charge in [-0.2, -0.15) is 13.2 Å². The minimum atomic E-state index is -5.05. The average Bonchev–Trinajstić information content (AvgIpc) is 3.02. The molecule has 28 heavy (non-hydrogen) atoms. The van der Waals surface area contributed by atoms with E-state index in [1.165, 1.54) is 23.1 Å². The second-order valence-corrected chi connectivity index (χ2v) is 6.64. The molecule has 148 valence electrons. The van der Waals surface area contributed by atoms with Crippen molar-refractivity contribution in [3.8, 4) is 0 Å². The summed E-state index contributed by atoms with van der Waals surface area (Å²) < 4.78 is 40.6. The Bertz CT molecular complexity index is 843. The van der Waals surface area contributed by atoms with Crippen molar-refractivity contribution in [1.82, 2.24) is 5.32 Å². The summed E-state index contributed by atoms with van der Waals surface area (Å²) in [7, 11) is 0. The molecule has 2 atom stereocenters. The van der Waals surface area contributed by atoms with Crippen molar-refractivity contribution >= 4 is 17.5 Å². The van der Waals surface area contributed by atoms with Crippen molar-refractivity contribution < 1.29 is 27.9 Å². The van der Waals surface area contributed by atoms with Crippen LogP contribution in [0.4, 0.5) is 18.9 Å². The third-order valence-electron chi connectivity index (χ3n) is 4.75. The first-order valence-electron chi connectivity index (χ1n) is 8.73. The summed E-state index contributed by atoms with van der Waals surface area (Å²) in [5.74, 6) is -1.44. The van der Waals surface area contributed by atoms with Gasteiger partial charge in [0.05, 0.1) is 6.42 Å². The van der Waals surface area contributed by atoms with Crippen molar-refractivity contribution in [2.45, 2.75) is 30.7 Å². The number of hydrogen-bond acceptors (Lipinski definition) is 3. The zero-order valence-corrected chi connectivity index (χ0v) is 14.8. The summed E-state index contributed by atoms with van der Waals surface area (Å²) in [5, 5.41) is 12.6. The summed E-state index contributed by atoms with van der Waals surface area (Å²) in [5.41, 5.74) is -3.11.